The molecule has 0 aliphatic heterocycles. The maximum Gasteiger partial charge on any atom is 0.303 e. The summed E-state index contributed by atoms with van der Waals surface area (Å²) >= 11 is 0. The Hall–Kier alpha value is -1.43. The molecule has 0 saturated heterocycles. The van der Waals surface area contributed by atoms with Gasteiger partial charge in [-0.3, -0.25) is 4.79 Å². The van der Waals surface area contributed by atoms with Crippen molar-refractivity contribution < 1.29 is 25.2 Å². The lowest BCUT2D eigenvalue weighted by molar-refractivity contribution is -0.269. The molecule has 4 fully saturated rings. The summed E-state index contributed by atoms with van der Waals surface area (Å²) in [5.74, 6) is 1.09. The Kier molecular flexibility index (Phi) is 7.31. The van der Waals surface area contributed by atoms with E-state index in [1.165, 1.54) is 0 Å². The van der Waals surface area contributed by atoms with Crippen molar-refractivity contribution in [1.82, 2.24) is 0 Å². The van der Waals surface area contributed by atoms with Gasteiger partial charge < -0.3 is 20.4 Å². The molecule has 0 radical (unpaired) electrons. The number of fused-ring (bicyclic) bond motifs is 5. The lowest BCUT2D eigenvalue weighted by Crippen LogP contribution is -2.67. The molecule has 1 aromatic rings. The van der Waals surface area contributed by atoms with Crippen molar-refractivity contribution in [1.29, 1.82) is 0 Å². The summed E-state index contributed by atoms with van der Waals surface area (Å²) in [4.78, 5) is 11.3. The van der Waals surface area contributed by atoms with E-state index in [-0.39, 0.29) is 23.2 Å². The molecule has 0 aromatic heterocycles. The van der Waals surface area contributed by atoms with Crippen molar-refractivity contribution in [3.8, 4) is 0 Å². The predicted octanol–water partition coefficient (Wildman–Crippen LogP) is 6.15. The van der Waals surface area contributed by atoms with E-state index < -0.39 is 29.2 Å². The lowest BCUT2D eigenvalue weighted by atomic mass is 9.35. The zero-order chi connectivity index (χ0) is 27.5. The molecule has 212 valence electrons. The number of carboxylic acid groups (broad SMARTS) is 1. The third-order valence-electron chi connectivity index (χ3n) is 13.1. The highest BCUT2D eigenvalue weighted by Crippen LogP contribution is 2.74. The first kappa shape index (κ1) is 28.1. The monoisotopic (exact) mass is 526 g/mol. The molecule has 5 heteroatoms. The quantitative estimate of drug-likeness (QED) is 0.342. The maximum atomic E-state index is 12.7. The largest absolute Gasteiger partial charge is 0.481 e. The van der Waals surface area contributed by atoms with E-state index in [9.17, 15) is 25.2 Å². The molecule has 0 heterocycles. The Balaban J connectivity index is 1.52. The van der Waals surface area contributed by atoms with Gasteiger partial charge in [0.15, 0.2) is 0 Å². The minimum absolute atomic E-state index is 0.189. The van der Waals surface area contributed by atoms with Crippen LogP contribution in [-0.4, -0.2) is 38.6 Å². The number of benzene rings is 1. The van der Waals surface area contributed by atoms with Crippen molar-refractivity contribution in [3.63, 3.8) is 0 Å². The average Bonchev–Trinajstić information content (AvgIpc) is 3.27. The Morgan fingerprint density at radius 2 is 1.76 bits per heavy atom. The Labute approximate surface area is 229 Å². The third kappa shape index (κ3) is 3.85. The second-order valence-electron chi connectivity index (χ2n) is 14.1. The van der Waals surface area contributed by atoms with E-state index >= 15 is 0 Å². The Bertz CT molecular complexity index is 1010. The number of hydrogen-bond donors (Lipinski definition) is 4. The molecule has 0 spiro atoms. The highest BCUT2D eigenvalue weighted by molar-refractivity contribution is 5.66. The van der Waals surface area contributed by atoms with E-state index in [1.54, 1.807) is 0 Å². The van der Waals surface area contributed by atoms with Crippen molar-refractivity contribution >= 4 is 5.97 Å². The molecular formula is C33H50O5. The van der Waals surface area contributed by atoms with Crippen LogP contribution in [0.25, 0.3) is 0 Å². The lowest BCUT2D eigenvalue weighted by Gasteiger charge is -2.70. The van der Waals surface area contributed by atoms with Crippen LogP contribution in [0.15, 0.2) is 30.3 Å². The van der Waals surface area contributed by atoms with Crippen LogP contribution in [0.4, 0.5) is 0 Å². The number of rotatable bonds is 7. The molecule has 0 unspecified atom stereocenters. The summed E-state index contributed by atoms with van der Waals surface area (Å²) in [6.07, 6.45) is 7.67. The first-order valence-electron chi connectivity index (χ1n) is 15.3. The van der Waals surface area contributed by atoms with Crippen LogP contribution in [0.1, 0.15) is 104 Å². The topological polar surface area (TPSA) is 98.0 Å². The Morgan fingerprint density at radius 3 is 2.42 bits per heavy atom. The second kappa shape index (κ2) is 9.89. The van der Waals surface area contributed by atoms with Crippen LogP contribution in [0.2, 0.25) is 0 Å². The minimum atomic E-state index is -1.04. The number of aliphatic hydroxyl groups excluding tert-OH is 2. The van der Waals surface area contributed by atoms with Crippen LogP contribution in [0.5, 0.6) is 0 Å². The Morgan fingerprint density at radius 1 is 1.05 bits per heavy atom. The molecule has 0 amide bonds. The van der Waals surface area contributed by atoms with Crippen molar-refractivity contribution in [2.24, 2.45) is 45.8 Å². The molecule has 4 saturated carbocycles. The van der Waals surface area contributed by atoms with E-state index in [4.69, 9.17) is 0 Å². The molecule has 5 nitrogen and oxygen atoms in total. The van der Waals surface area contributed by atoms with Gasteiger partial charge in [0, 0.05) is 11.8 Å². The first-order chi connectivity index (χ1) is 17.9. The van der Waals surface area contributed by atoms with Gasteiger partial charge in [-0.15, -0.1) is 0 Å². The van der Waals surface area contributed by atoms with E-state index in [2.05, 4.69) is 39.8 Å². The summed E-state index contributed by atoms with van der Waals surface area (Å²) in [7, 11) is 0. The first-order valence-corrected chi connectivity index (χ1v) is 15.3. The molecule has 4 aliphatic carbocycles. The van der Waals surface area contributed by atoms with Crippen LogP contribution >= 0.6 is 0 Å². The van der Waals surface area contributed by atoms with Gasteiger partial charge in [-0.2, -0.15) is 0 Å². The number of hydrogen-bond acceptors (Lipinski definition) is 4. The fourth-order valence-electron chi connectivity index (χ4n) is 11.1. The fourth-order valence-corrected chi connectivity index (χ4v) is 11.1. The van der Waals surface area contributed by atoms with E-state index in [0.29, 0.717) is 42.9 Å². The molecule has 11 atom stereocenters. The van der Waals surface area contributed by atoms with Crippen LogP contribution in [0, 0.1) is 45.8 Å². The van der Waals surface area contributed by atoms with Crippen molar-refractivity contribution in [2.45, 2.75) is 116 Å². The number of aliphatic hydroxyl groups is 3. The molecular weight excluding hydrogens is 476 g/mol. The summed E-state index contributed by atoms with van der Waals surface area (Å²) in [5, 5.41) is 45.0. The second-order valence-corrected chi connectivity index (χ2v) is 14.1. The van der Waals surface area contributed by atoms with Crippen LogP contribution < -0.4 is 0 Å². The van der Waals surface area contributed by atoms with Gasteiger partial charge in [-0.05, 0) is 110 Å². The van der Waals surface area contributed by atoms with Gasteiger partial charge in [0.1, 0.15) is 0 Å². The average molecular weight is 527 g/mol. The third-order valence-corrected chi connectivity index (χ3v) is 13.1. The van der Waals surface area contributed by atoms with Gasteiger partial charge in [0.25, 0.3) is 0 Å². The number of carboxylic acids is 1. The zero-order valence-electron chi connectivity index (χ0n) is 23.9. The molecule has 4 N–H and O–H groups in total. The maximum absolute atomic E-state index is 12.7. The SMILES string of the molecule is CC[C@](O)(c1ccccc1)[C@]12CC[C@H]3[C@@H]4CC[C@H]([C@H](C)CCC(=O)O)[C@@]4(C)[C@@H](O)C[C@@H]3[C@@]1(C)CC[C@@H](O)C2. The predicted molar refractivity (Wildman–Crippen MR) is 148 cm³/mol. The standard InChI is InChI=1S/C33H50O5/c1-5-33(38,22-9-7-6-8-10-22)32-18-16-24-26-13-12-25(21(2)11-14-29(36)37)31(26,4)28(35)19-27(24)30(32,3)17-15-23(34)20-32/h6-10,21,23-28,34-35,38H,5,11-20H2,1-4H3,(H,36,37)/t21-,23-,24+,25-,26+,27+,28+,30-,31-,32+,33+/m1/s1. The van der Waals surface area contributed by atoms with Crippen LogP contribution in [0.3, 0.4) is 0 Å². The molecule has 1 aromatic carbocycles. The molecule has 4 aliphatic rings. The molecule has 5 rings (SSSR count). The smallest absolute Gasteiger partial charge is 0.303 e. The van der Waals surface area contributed by atoms with Gasteiger partial charge in [0.05, 0.1) is 17.8 Å². The van der Waals surface area contributed by atoms with Crippen molar-refractivity contribution in [2.75, 3.05) is 0 Å². The highest BCUT2D eigenvalue weighted by Gasteiger charge is 2.71. The van der Waals surface area contributed by atoms with Crippen LogP contribution in [-0.2, 0) is 10.4 Å². The fraction of sp³-hybridized carbons (Fsp3) is 0.788. The van der Waals surface area contributed by atoms with Gasteiger partial charge >= 0.3 is 5.97 Å². The summed E-state index contributed by atoms with van der Waals surface area (Å²) in [6.45, 7) is 8.96. The highest BCUT2D eigenvalue weighted by atomic mass is 16.4. The number of aliphatic carboxylic acids is 1. The minimum Gasteiger partial charge on any atom is -0.481 e. The van der Waals surface area contributed by atoms with E-state index in [0.717, 1.165) is 50.5 Å². The van der Waals surface area contributed by atoms with E-state index in [1.807, 2.05) is 18.2 Å². The van der Waals surface area contributed by atoms with Gasteiger partial charge in [-0.25, -0.2) is 0 Å². The number of carbonyl (C=O) groups is 1. The summed E-state index contributed by atoms with van der Waals surface area (Å²) < 4.78 is 0. The molecule has 0 bridgehead atoms. The van der Waals surface area contributed by atoms with Gasteiger partial charge in [-0.1, -0.05) is 58.0 Å². The summed E-state index contributed by atoms with van der Waals surface area (Å²) in [6, 6.07) is 10.1. The molecule has 38 heavy (non-hydrogen) atoms. The zero-order valence-corrected chi connectivity index (χ0v) is 23.9. The van der Waals surface area contributed by atoms with Gasteiger partial charge in [0.2, 0.25) is 0 Å². The summed E-state index contributed by atoms with van der Waals surface area (Å²) in [5.41, 5.74) is -0.912. The normalized spacial score (nSPS) is 44.8. The van der Waals surface area contributed by atoms with Crippen molar-refractivity contribution in [3.05, 3.63) is 35.9 Å².